The zero-order chi connectivity index (χ0) is 30.0. The Labute approximate surface area is 250 Å². The minimum Gasteiger partial charge on any atom is -0.436 e. The van der Waals surface area contributed by atoms with Crippen molar-refractivity contribution in [3.63, 3.8) is 0 Å². The van der Waals surface area contributed by atoms with Crippen LogP contribution < -0.4 is 9.80 Å². The summed E-state index contributed by atoms with van der Waals surface area (Å²) in [6.45, 7) is 20.7. The van der Waals surface area contributed by atoms with Gasteiger partial charge in [0.05, 0.1) is 11.4 Å². The molecule has 0 N–H and O–H groups in total. The third kappa shape index (κ3) is 5.58. The molecule has 0 aliphatic heterocycles. The van der Waals surface area contributed by atoms with Gasteiger partial charge in [-0.3, -0.25) is 0 Å². The minimum atomic E-state index is 0.606. The Morgan fingerprint density at radius 2 is 0.881 bits per heavy atom. The van der Waals surface area contributed by atoms with Crippen molar-refractivity contribution in [3.05, 3.63) is 83.2 Å². The van der Waals surface area contributed by atoms with Gasteiger partial charge in [-0.1, -0.05) is 23.3 Å². The maximum absolute atomic E-state index is 6.43. The van der Waals surface area contributed by atoms with Crippen LogP contribution in [0.3, 0.4) is 0 Å². The van der Waals surface area contributed by atoms with Crippen LogP contribution in [0.25, 0.3) is 45.6 Å². The molecule has 0 saturated carbocycles. The van der Waals surface area contributed by atoms with Crippen molar-refractivity contribution in [2.24, 2.45) is 0 Å². The molecule has 2 heterocycles. The highest BCUT2D eigenvalue weighted by atomic mass is 16.4. The van der Waals surface area contributed by atoms with E-state index in [0.29, 0.717) is 11.8 Å². The second-order valence-corrected chi connectivity index (χ2v) is 10.8. The average Bonchev–Trinajstić information content (AvgIpc) is 3.58. The Morgan fingerprint density at radius 3 is 1.21 bits per heavy atom. The quantitative estimate of drug-likeness (QED) is 0.169. The minimum absolute atomic E-state index is 0.606. The van der Waals surface area contributed by atoms with Crippen molar-refractivity contribution in [3.8, 4) is 45.6 Å². The summed E-state index contributed by atoms with van der Waals surface area (Å²) in [6.07, 6.45) is 0. The highest BCUT2D eigenvalue weighted by Crippen LogP contribution is 2.39. The standard InChI is InChI=1S/C36H42N4O2/c1-9-39(10-2)31-19-13-23(5)21-29(31)33-25(7)37-35(41-33)27-15-17-28(18-16-27)36-38-26(8)34(42-36)30-22-24(6)14-20-32(30)40(11-3)12-4/h13-22H,9-12H2,1-8H3. The molecule has 0 aliphatic rings. The van der Waals surface area contributed by atoms with Crippen LogP contribution in [0.5, 0.6) is 0 Å². The van der Waals surface area contributed by atoms with E-state index in [4.69, 9.17) is 18.8 Å². The van der Waals surface area contributed by atoms with Crippen molar-refractivity contribution in [1.29, 1.82) is 0 Å². The third-order valence-electron chi connectivity index (χ3n) is 7.97. The molecule has 218 valence electrons. The summed E-state index contributed by atoms with van der Waals surface area (Å²) in [5.74, 6) is 2.84. The number of anilines is 2. The van der Waals surface area contributed by atoms with Gasteiger partial charge in [0.2, 0.25) is 11.8 Å². The predicted octanol–water partition coefficient (Wildman–Crippen LogP) is 9.26. The van der Waals surface area contributed by atoms with E-state index in [2.05, 4.69) is 87.7 Å². The normalized spacial score (nSPS) is 11.2. The SMILES string of the molecule is CCN(CC)c1ccc(C)cc1-c1oc(-c2ccc(-c3nc(C)c(-c4cc(C)ccc4N(CC)CC)o3)cc2)nc1C. The van der Waals surface area contributed by atoms with Gasteiger partial charge in [-0.2, -0.15) is 0 Å². The molecule has 5 aromatic rings. The van der Waals surface area contributed by atoms with E-state index in [1.54, 1.807) is 0 Å². The summed E-state index contributed by atoms with van der Waals surface area (Å²) < 4.78 is 12.9. The molecule has 0 unspecified atom stereocenters. The Balaban J connectivity index is 1.47. The van der Waals surface area contributed by atoms with Crippen LogP contribution in [-0.4, -0.2) is 36.1 Å². The van der Waals surface area contributed by atoms with E-state index in [0.717, 1.165) is 71.3 Å². The van der Waals surface area contributed by atoms with E-state index >= 15 is 0 Å². The van der Waals surface area contributed by atoms with E-state index in [1.807, 2.05) is 38.1 Å². The van der Waals surface area contributed by atoms with E-state index < -0.39 is 0 Å². The van der Waals surface area contributed by atoms with Crippen LogP contribution >= 0.6 is 0 Å². The van der Waals surface area contributed by atoms with Crippen molar-refractivity contribution in [1.82, 2.24) is 9.97 Å². The summed E-state index contributed by atoms with van der Waals surface area (Å²) >= 11 is 0. The highest BCUT2D eigenvalue weighted by molar-refractivity contribution is 5.80. The zero-order valence-electron chi connectivity index (χ0n) is 26.2. The van der Waals surface area contributed by atoms with Crippen LogP contribution in [0, 0.1) is 27.7 Å². The fourth-order valence-corrected chi connectivity index (χ4v) is 5.64. The lowest BCUT2D eigenvalue weighted by molar-refractivity contribution is 0.586. The van der Waals surface area contributed by atoms with Gasteiger partial charge in [0.1, 0.15) is 0 Å². The maximum Gasteiger partial charge on any atom is 0.226 e. The summed E-state index contributed by atoms with van der Waals surface area (Å²) in [6, 6.07) is 21.2. The maximum atomic E-state index is 6.43. The summed E-state index contributed by atoms with van der Waals surface area (Å²) in [5, 5.41) is 0. The van der Waals surface area contributed by atoms with Crippen LogP contribution in [0.1, 0.15) is 50.2 Å². The zero-order valence-corrected chi connectivity index (χ0v) is 26.2. The molecule has 0 radical (unpaired) electrons. The first-order valence-electron chi connectivity index (χ1n) is 15.0. The molecule has 42 heavy (non-hydrogen) atoms. The van der Waals surface area contributed by atoms with Gasteiger partial charge < -0.3 is 18.6 Å². The molecule has 2 aromatic heterocycles. The molecule has 5 rings (SSSR count). The molecule has 0 aliphatic carbocycles. The number of aromatic nitrogens is 2. The van der Waals surface area contributed by atoms with Crippen molar-refractivity contribution >= 4 is 11.4 Å². The molecule has 0 fully saturated rings. The van der Waals surface area contributed by atoms with Gasteiger partial charge in [0.15, 0.2) is 11.5 Å². The molecule has 0 amide bonds. The molecular weight excluding hydrogens is 520 g/mol. The lowest BCUT2D eigenvalue weighted by Crippen LogP contribution is -2.22. The smallest absolute Gasteiger partial charge is 0.226 e. The number of benzene rings is 3. The molecule has 0 atom stereocenters. The number of aryl methyl sites for hydroxylation is 4. The molecule has 3 aromatic carbocycles. The number of rotatable bonds is 10. The lowest BCUT2D eigenvalue weighted by atomic mass is 10.0. The molecule has 0 spiro atoms. The van der Waals surface area contributed by atoms with Crippen molar-refractivity contribution in [2.45, 2.75) is 55.4 Å². The van der Waals surface area contributed by atoms with Crippen molar-refractivity contribution in [2.75, 3.05) is 36.0 Å². The Hall–Kier alpha value is -4.32. The first-order chi connectivity index (χ1) is 20.3. The Bertz CT molecular complexity index is 1550. The summed E-state index contributed by atoms with van der Waals surface area (Å²) in [4.78, 5) is 14.3. The van der Waals surface area contributed by atoms with Gasteiger partial charge in [-0.15, -0.1) is 0 Å². The van der Waals surface area contributed by atoms with Crippen molar-refractivity contribution < 1.29 is 8.83 Å². The Morgan fingerprint density at radius 1 is 0.524 bits per heavy atom. The van der Waals surface area contributed by atoms with E-state index in [1.165, 1.54) is 22.5 Å². The first kappa shape index (κ1) is 29.2. The second kappa shape index (κ2) is 12.3. The summed E-state index contributed by atoms with van der Waals surface area (Å²) in [7, 11) is 0. The topological polar surface area (TPSA) is 58.5 Å². The first-order valence-corrected chi connectivity index (χ1v) is 15.0. The molecule has 6 heteroatoms. The van der Waals surface area contributed by atoms with Gasteiger partial charge in [0.25, 0.3) is 0 Å². The highest BCUT2D eigenvalue weighted by Gasteiger charge is 2.21. The second-order valence-electron chi connectivity index (χ2n) is 10.8. The fourth-order valence-electron chi connectivity index (χ4n) is 5.64. The largest absolute Gasteiger partial charge is 0.436 e. The fraction of sp³-hybridized carbons (Fsp3) is 0.333. The van der Waals surface area contributed by atoms with Crippen LogP contribution in [0.15, 0.2) is 69.5 Å². The lowest BCUT2D eigenvalue weighted by Gasteiger charge is -2.24. The molecular formula is C36H42N4O2. The monoisotopic (exact) mass is 562 g/mol. The number of oxazole rings is 2. The van der Waals surface area contributed by atoms with E-state index in [-0.39, 0.29) is 0 Å². The molecule has 0 saturated heterocycles. The van der Waals surface area contributed by atoms with Gasteiger partial charge in [-0.05, 0) is 104 Å². The van der Waals surface area contributed by atoms with Gasteiger partial charge in [-0.25, -0.2) is 9.97 Å². The Kier molecular flexibility index (Phi) is 8.53. The summed E-state index contributed by atoms with van der Waals surface area (Å²) in [5.41, 5.74) is 10.5. The van der Waals surface area contributed by atoms with Gasteiger partial charge >= 0.3 is 0 Å². The van der Waals surface area contributed by atoms with Crippen LogP contribution in [-0.2, 0) is 0 Å². The average molecular weight is 563 g/mol. The number of nitrogens with zero attached hydrogens (tertiary/aromatic N) is 4. The molecule has 6 nitrogen and oxygen atoms in total. The number of hydrogen-bond acceptors (Lipinski definition) is 6. The van der Waals surface area contributed by atoms with Crippen LogP contribution in [0.2, 0.25) is 0 Å². The van der Waals surface area contributed by atoms with Gasteiger partial charge in [0, 0.05) is 59.8 Å². The van der Waals surface area contributed by atoms with E-state index in [9.17, 15) is 0 Å². The molecule has 0 bridgehead atoms. The van der Waals surface area contributed by atoms with Crippen LogP contribution in [0.4, 0.5) is 11.4 Å². The number of hydrogen-bond donors (Lipinski definition) is 0. The third-order valence-corrected chi connectivity index (χ3v) is 7.97. The predicted molar refractivity (Wildman–Crippen MR) is 174 cm³/mol.